The molecule has 1 fully saturated rings. The van der Waals surface area contributed by atoms with Crippen LogP contribution in [0, 0.1) is 0 Å². The van der Waals surface area contributed by atoms with Gasteiger partial charge in [0, 0.05) is 37.6 Å². The summed E-state index contributed by atoms with van der Waals surface area (Å²) in [6, 6.07) is 16.0. The summed E-state index contributed by atoms with van der Waals surface area (Å²) >= 11 is 0. The van der Waals surface area contributed by atoms with Gasteiger partial charge in [-0.15, -0.1) is 0 Å². The number of ether oxygens (including phenoxy) is 1. The number of likely N-dealkylation sites (N-methyl/N-ethyl adjacent to an activating group) is 1. The minimum atomic E-state index is -0.145. The van der Waals surface area contributed by atoms with Gasteiger partial charge in [0.25, 0.3) is 5.91 Å². The second kappa shape index (κ2) is 10.3. The largest absolute Gasteiger partial charge is 0.483 e. The van der Waals surface area contributed by atoms with Gasteiger partial charge in [0.05, 0.1) is 0 Å². The average molecular weight is 396 g/mol. The van der Waals surface area contributed by atoms with Crippen LogP contribution < -0.4 is 15.0 Å². The van der Waals surface area contributed by atoms with E-state index in [9.17, 15) is 4.79 Å². The first-order chi connectivity index (χ1) is 14.1. The fourth-order valence-electron chi connectivity index (χ4n) is 3.66. The molecule has 1 amide bonds. The standard InChI is InChI=1S/C24H33N3O2/c1-4-19(3)22-8-6-7-9-23(22)29-18-24(28)25-20-10-12-21(13-11-20)27-16-14-26(5-2)15-17-27/h6-13,19H,4-5,14-18H2,1-3H3,(H,25,28)/t19-/m1/s1. The Kier molecular flexibility index (Phi) is 7.53. The molecule has 1 heterocycles. The van der Waals surface area contributed by atoms with Crippen molar-refractivity contribution in [2.24, 2.45) is 0 Å². The molecule has 3 rings (SSSR count). The molecule has 5 heteroatoms. The molecule has 1 aliphatic heterocycles. The van der Waals surface area contributed by atoms with Crippen molar-refractivity contribution in [3.8, 4) is 5.75 Å². The maximum absolute atomic E-state index is 12.3. The summed E-state index contributed by atoms with van der Waals surface area (Å²) in [4.78, 5) is 17.2. The predicted octanol–water partition coefficient (Wildman–Crippen LogP) is 4.36. The zero-order valence-electron chi connectivity index (χ0n) is 17.9. The van der Waals surface area contributed by atoms with E-state index in [-0.39, 0.29) is 12.5 Å². The first-order valence-electron chi connectivity index (χ1n) is 10.7. The van der Waals surface area contributed by atoms with Gasteiger partial charge in [0.15, 0.2) is 6.61 Å². The summed E-state index contributed by atoms with van der Waals surface area (Å²) in [6.07, 6.45) is 1.03. The third kappa shape index (κ3) is 5.73. The molecule has 29 heavy (non-hydrogen) atoms. The van der Waals surface area contributed by atoms with Crippen LogP contribution in [0.15, 0.2) is 48.5 Å². The number of anilines is 2. The van der Waals surface area contributed by atoms with Crippen LogP contribution in [0.4, 0.5) is 11.4 Å². The maximum Gasteiger partial charge on any atom is 0.262 e. The van der Waals surface area contributed by atoms with Gasteiger partial charge in [0.2, 0.25) is 0 Å². The van der Waals surface area contributed by atoms with Crippen molar-refractivity contribution < 1.29 is 9.53 Å². The number of piperazine rings is 1. The molecule has 2 aromatic rings. The molecule has 1 N–H and O–H groups in total. The number of rotatable bonds is 8. The highest BCUT2D eigenvalue weighted by Gasteiger charge is 2.16. The van der Waals surface area contributed by atoms with Crippen LogP contribution in [-0.2, 0) is 4.79 Å². The third-order valence-electron chi connectivity index (χ3n) is 5.76. The molecular formula is C24H33N3O2. The van der Waals surface area contributed by atoms with E-state index in [4.69, 9.17) is 4.74 Å². The number of para-hydroxylation sites is 1. The molecule has 0 radical (unpaired) electrons. The highest BCUT2D eigenvalue weighted by Crippen LogP contribution is 2.28. The van der Waals surface area contributed by atoms with Crippen molar-refractivity contribution >= 4 is 17.3 Å². The van der Waals surface area contributed by atoms with Crippen molar-refractivity contribution in [3.05, 3.63) is 54.1 Å². The minimum absolute atomic E-state index is 0.00811. The Morgan fingerprint density at radius 2 is 1.72 bits per heavy atom. The number of hydrogen-bond donors (Lipinski definition) is 1. The van der Waals surface area contributed by atoms with Crippen molar-refractivity contribution in [3.63, 3.8) is 0 Å². The summed E-state index contributed by atoms with van der Waals surface area (Å²) in [6.45, 7) is 11.9. The Morgan fingerprint density at radius 1 is 1.03 bits per heavy atom. The molecule has 1 aliphatic rings. The Labute approximate surface area is 174 Å². The molecule has 0 unspecified atom stereocenters. The van der Waals surface area contributed by atoms with Crippen molar-refractivity contribution in [1.29, 1.82) is 0 Å². The smallest absolute Gasteiger partial charge is 0.262 e. The van der Waals surface area contributed by atoms with Crippen LogP contribution in [0.25, 0.3) is 0 Å². The molecule has 2 aromatic carbocycles. The lowest BCUT2D eigenvalue weighted by Gasteiger charge is -2.35. The van der Waals surface area contributed by atoms with Gasteiger partial charge < -0.3 is 19.9 Å². The highest BCUT2D eigenvalue weighted by molar-refractivity contribution is 5.92. The number of amides is 1. The van der Waals surface area contributed by atoms with E-state index in [0.717, 1.165) is 56.1 Å². The van der Waals surface area contributed by atoms with Crippen LogP contribution >= 0.6 is 0 Å². The molecule has 156 valence electrons. The second-order valence-electron chi connectivity index (χ2n) is 7.65. The summed E-state index contributed by atoms with van der Waals surface area (Å²) < 4.78 is 5.81. The Bertz CT molecular complexity index is 783. The van der Waals surface area contributed by atoms with Crippen LogP contribution in [0.1, 0.15) is 38.7 Å². The number of nitrogens with zero attached hydrogens (tertiary/aromatic N) is 2. The Hall–Kier alpha value is -2.53. The number of carbonyl (C=O) groups excluding carboxylic acids is 1. The summed E-state index contributed by atoms with van der Waals surface area (Å²) in [7, 11) is 0. The molecule has 1 atom stereocenters. The van der Waals surface area contributed by atoms with E-state index >= 15 is 0 Å². The molecule has 1 saturated heterocycles. The van der Waals surface area contributed by atoms with E-state index < -0.39 is 0 Å². The van der Waals surface area contributed by atoms with E-state index in [1.807, 2.05) is 30.3 Å². The van der Waals surface area contributed by atoms with Gasteiger partial charge in [-0.3, -0.25) is 4.79 Å². The number of hydrogen-bond acceptors (Lipinski definition) is 4. The lowest BCUT2D eigenvalue weighted by atomic mass is 9.98. The fourth-order valence-corrected chi connectivity index (χ4v) is 3.66. The second-order valence-corrected chi connectivity index (χ2v) is 7.65. The highest BCUT2D eigenvalue weighted by atomic mass is 16.5. The van der Waals surface area contributed by atoms with Gasteiger partial charge in [-0.25, -0.2) is 0 Å². The predicted molar refractivity (Wildman–Crippen MR) is 120 cm³/mol. The summed E-state index contributed by atoms with van der Waals surface area (Å²) in [5, 5.41) is 2.93. The first kappa shape index (κ1) is 21.2. The zero-order valence-corrected chi connectivity index (χ0v) is 17.9. The van der Waals surface area contributed by atoms with Crippen LogP contribution in [-0.4, -0.2) is 50.1 Å². The SMILES string of the molecule is CC[C@@H](C)c1ccccc1OCC(=O)Nc1ccc(N2CCN(CC)CC2)cc1. The minimum Gasteiger partial charge on any atom is -0.483 e. The Balaban J connectivity index is 1.51. The summed E-state index contributed by atoms with van der Waals surface area (Å²) in [5.41, 5.74) is 3.15. The van der Waals surface area contributed by atoms with E-state index in [2.05, 4.69) is 54.1 Å². The number of nitrogens with one attached hydrogen (secondary N) is 1. The van der Waals surface area contributed by atoms with Crippen LogP contribution in [0.2, 0.25) is 0 Å². The molecular weight excluding hydrogens is 362 g/mol. The molecule has 5 nitrogen and oxygen atoms in total. The lowest BCUT2D eigenvalue weighted by Crippen LogP contribution is -2.46. The van der Waals surface area contributed by atoms with Crippen molar-refractivity contribution in [1.82, 2.24) is 4.90 Å². The molecule has 0 bridgehead atoms. The molecule has 0 aromatic heterocycles. The number of benzene rings is 2. The molecule has 0 aliphatic carbocycles. The summed E-state index contributed by atoms with van der Waals surface area (Å²) in [5.74, 6) is 1.05. The lowest BCUT2D eigenvalue weighted by molar-refractivity contribution is -0.118. The third-order valence-corrected chi connectivity index (χ3v) is 5.76. The number of carbonyl (C=O) groups is 1. The fraction of sp³-hybridized carbons (Fsp3) is 0.458. The quantitative estimate of drug-likeness (QED) is 0.721. The van der Waals surface area contributed by atoms with E-state index in [1.165, 1.54) is 5.69 Å². The monoisotopic (exact) mass is 395 g/mol. The van der Waals surface area contributed by atoms with Gasteiger partial charge in [0.1, 0.15) is 5.75 Å². The van der Waals surface area contributed by atoms with E-state index in [1.54, 1.807) is 0 Å². The van der Waals surface area contributed by atoms with Crippen LogP contribution in [0.5, 0.6) is 5.75 Å². The maximum atomic E-state index is 12.3. The van der Waals surface area contributed by atoms with Gasteiger partial charge >= 0.3 is 0 Å². The van der Waals surface area contributed by atoms with Crippen molar-refractivity contribution in [2.45, 2.75) is 33.1 Å². The molecule has 0 saturated carbocycles. The topological polar surface area (TPSA) is 44.8 Å². The normalized spacial score (nSPS) is 15.8. The van der Waals surface area contributed by atoms with Gasteiger partial charge in [-0.05, 0) is 54.8 Å². The first-order valence-corrected chi connectivity index (χ1v) is 10.7. The van der Waals surface area contributed by atoms with Gasteiger partial charge in [-0.2, -0.15) is 0 Å². The van der Waals surface area contributed by atoms with Crippen LogP contribution in [0.3, 0.4) is 0 Å². The Morgan fingerprint density at radius 3 is 2.38 bits per heavy atom. The van der Waals surface area contributed by atoms with Crippen molar-refractivity contribution in [2.75, 3.05) is 49.5 Å². The molecule has 0 spiro atoms. The van der Waals surface area contributed by atoms with Gasteiger partial charge in [-0.1, -0.05) is 39.0 Å². The zero-order chi connectivity index (χ0) is 20.6. The average Bonchev–Trinajstić information content (AvgIpc) is 2.78. The van der Waals surface area contributed by atoms with E-state index in [0.29, 0.717) is 5.92 Å².